The van der Waals surface area contributed by atoms with Gasteiger partial charge < -0.3 is 9.47 Å². The van der Waals surface area contributed by atoms with Crippen molar-refractivity contribution in [2.45, 2.75) is 37.7 Å². The van der Waals surface area contributed by atoms with Crippen LogP contribution in [0.25, 0.3) is 0 Å². The largest absolute Gasteiger partial charge is 0.476 e. The molecule has 0 fully saturated rings. The highest BCUT2D eigenvalue weighted by molar-refractivity contribution is 7.98. The summed E-state index contributed by atoms with van der Waals surface area (Å²) in [5.74, 6) is 0.157. The predicted octanol–water partition coefficient (Wildman–Crippen LogP) is 5.11. The minimum Gasteiger partial charge on any atom is -0.476 e. The molecule has 0 N–H and O–H groups in total. The molecule has 0 amide bonds. The van der Waals surface area contributed by atoms with Crippen LogP contribution in [-0.2, 0) is 16.0 Å². The second kappa shape index (κ2) is 10.1. The van der Waals surface area contributed by atoms with Gasteiger partial charge in [-0.25, -0.2) is 4.79 Å². The molecule has 2 rings (SSSR count). The quantitative estimate of drug-likeness (QED) is 0.254. The van der Waals surface area contributed by atoms with Crippen LogP contribution >= 0.6 is 11.8 Å². The number of carbonyl (C=O) groups is 2. The SMILES string of the molecule is CCOC(=O)C(C)(C)Oc1cccc(C/C=C/C(=O)c2ccc(SC)cc2)c1. The number of carbonyl (C=O) groups excluding carboxylic acids is 2. The van der Waals surface area contributed by atoms with E-state index < -0.39 is 11.6 Å². The molecule has 2 aromatic rings. The summed E-state index contributed by atoms with van der Waals surface area (Å²) in [5.41, 5.74) is 0.588. The zero-order valence-corrected chi connectivity index (χ0v) is 17.5. The third-order valence-corrected chi connectivity index (χ3v) is 4.78. The average molecular weight is 399 g/mol. The van der Waals surface area contributed by atoms with E-state index in [0.29, 0.717) is 24.3 Å². The lowest BCUT2D eigenvalue weighted by Gasteiger charge is -2.24. The Morgan fingerprint density at radius 3 is 2.46 bits per heavy atom. The van der Waals surface area contributed by atoms with Crippen molar-refractivity contribution in [3.05, 3.63) is 71.8 Å². The molecule has 4 nitrogen and oxygen atoms in total. The van der Waals surface area contributed by atoms with Crippen LogP contribution in [0.15, 0.2) is 65.6 Å². The number of ether oxygens (including phenoxy) is 2. The summed E-state index contributed by atoms with van der Waals surface area (Å²) in [4.78, 5) is 25.4. The summed E-state index contributed by atoms with van der Waals surface area (Å²) in [5, 5.41) is 0. The van der Waals surface area contributed by atoms with Gasteiger partial charge in [0, 0.05) is 10.5 Å². The fourth-order valence-electron chi connectivity index (χ4n) is 2.53. The van der Waals surface area contributed by atoms with Gasteiger partial charge in [-0.1, -0.05) is 18.2 Å². The molecule has 0 spiro atoms. The molecule has 0 radical (unpaired) electrons. The van der Waals surface area contributed by atoms with Crippen molar-refractivity contribution in [1.29, 1.82) is 0 Å². The van der Waals surface area contributed by atoms with Gasteiger partial charge in [-0.05, 0) is 81.5 Å². The van der Waals surface area contributed by atoms with E-state index in [1.54, 1.807) is 44.7 Å². The fraction of sp³-hybridized carbons (Fsp3) is 0.304. The molecule has 0 aliphatic heterocycles. The first-order valence-corrected chi connectivity index (χ1v) is 10.4. The lowest BCUT2D eigenvalue weighted by Crippen LogP contribution is -2.39. The van der Waals surface area contributed by atoms with Crippen molar-refractivity contribution in [2.75, 3.05) is 12.9 Å². The second-order valence-corrected chi connectivity index (χ2v) is 7.56. The highest BCUT2D eigenvalue weighted by atomic mass is 32.2. The number of rotatable bonds is 9. The lowest BCUT2D eigenvalue weighted by molar-refractivity contribution is -0.158. The van der Waals surface area contributed by atoms with Gasteiger partial charge in [0.15, 0.2) is 11.4 Å². The maximum atomic E-state index is 12.3. The number of allylic oxidation sites excluding steroid dienone is 2. The molecule has 5 heteroatoms. The Kier molecular flexibility index (Phi) is 7.88. The minimum absolute atomic E-state index is 0.0245. The van der Waals surface area contributed by atoms with Gasteiger partial charge in [-0.15, -0.1) is 11.8 Å². The standard InChI is InChI=1S/C23H26O4S/c1-5-26-22(25)23(2,3)27-19-10-6-8-17(16-19)9-7-11-21(24)18-12-14-20(28-4)15-13-18/h6-8,10-16H,5,9H2,1-4H3/b11-7+. The predicted molar refractivity (Wildman–Crippen MR) is 113 cm³/mol. The van der Waals surface area contributed by atoms with E-state index in [-0.39, 0.29) is 5.78 Å². The highest BCUT2D eigenvalue weighted by Gasteiger charge is 2.31. The van der Waals surface area contributed by atoms with Gasteiger partial charge in [0.05, 0.1) is 6.61 Å². The van der Waals surface area contributed by atoms with Crippen molar-refractivity contribution < 1.29 is 19.1 Å². The first kappa shape index (κ1) is 21.8. The van der Waals surface area contributed by atoms with Crippen LogP contribution in [0, 0.1) is 0 Å². The van der Waals surface area contributed by atoms with Crippen molar-refractivity contribution >= 4 is 23.5 Å². The van der Waals surface area contributed by atoms with Crippen LogP contribution in [0.3, 0.4) is 0 Å². The third kappa shape index (κ3) is 6.27. The van der Waals surface area contributed by atoms with Gasteiger partial charge in [-0.3, -0.25) is 4.79 Å². The van der Waals surface area contributed by atoms with E-state index in [2.05, 4.69) is 0 Å². The first-order chi connectivity index (χ1) is 13.4. The Balaban J connectivity index is 1.99. The summed E-state index contributed by atoms with van der Waals surface area (Å²) in [6.07, 6.45) is 6.01. The second-order valence-electron chi connectivity index (χ2n) is 6.68. The smallest absolute Gasteiger partial charge is 0.349 e. The van der Waals surface area contributed by atoms with E-state index in [1.165, 1.54) is 0 Å². The number of hydrogen-bond acceptors (Lipinski definition) is 5. The Hall–Kier alpha value is -2.53. The van der Waals surface area contributed by atoms with Crippen LogP contribution in [0.1, 0.15) is 36.7 Å². The van der Waals surface area contributed by atoms with E-state index >= 15 is 0 Å². The third-order valence-electron chi connectivity index (χ3n) is 4.04. The summed E-state index contributed by atoms with van der Waals surface area (Å²) in [6, 6.07) is 15.0. The Bertz CT molecular complexity index is 838. The fourth-order valence-corrected chi connectivity index (χ4v) is 2.94. The van der Waals surface area contributed by atoms with Crippen LogP contribution < -0.4 is 4.74 Å². The number of thioether (sulfide) groups is 1. The molecule has 0 heterocycles. The monoisotopic (exact) mass is 398 g/mol. The number of esters is 1. The topological polar surface area (TPSA) is 52.6 Å². The van der Waals surface area contributed by atoms with Crippen molar-refractivity contribution in [2.24, 2.45) is 0 Å². The first-order valence-electron chi connectivity index (χ1n) is 9.16. The summed E-state index contributed by atoms with van der Waals surface area (Å²) in [7, 11) is 0. The number of benzene rings is 2. The zero-order valence-electron chi connectivity index (χ0n) is 16.7. The average Bonchev–Trinajstić information content (AvgIpc) is 2.68. The molecule has 0 atom stereocenters. The van der Waals surface area contributed by atoms with Crippen molar-refractivity contribution in [1.82, 2.24) is 0 Å². The van der Waals surface area contributed by atoms with Crippen LogP contribution in [0.2, 0.25) is 0 Å². The molecule has 0 aromatic heterocycles. The van der Waals surface area contributed by atoms with E-state index in [0.717, 1.165) is 10.5 Å². The Morgan fingerprint density at radius 1 is 1.11 bits per heavy atom. The van der Waals surface area contributed by atoms with E-state index in [9.17, 15) is 9.59 Å². The summed E-state index contributed by atoms with van der Waals surface area (Å²) >= 11 is 1.64. The molecular formula is C23H26O4S. The van der Waals surface area contributed by atoms with Gasteiger partial charge >= 0.3 is 5.97 Å². The van der Waals surface area contributed by atoms with Gasteiger partial charge in [0.2, 0.25) is 0 Å². The zero-order chi connectivity index (χ0) is 20.6. The number of hydrogen-bond donors (Lipinski definition) is 0. The van der Waals surface area contributed by atoms with Crippen LogP contribution in [0.4, 0.5) is 0 Å². The van der Waals surface area contributed by atoms with Gasteiger partial charge in [-0.2, -0.15) is 0 Å². The summed E-state index contributed by atoms with van der Waals surface area (Å²) in [6.45, 7) is 5.43. The Morgan fingerprint density at radius 2 is 1.82 bits per heavy atom. The maximum absolute atomic E-state index is 12.3. The molecule has 0 aliphatic rings. The molecule has 0 bridgehead atoms. The van der Waals surface area contributed by atoms with Gasteiger partial charge in [0.1, 0.15) is 5.75 Å². The number of ketones is 1. The normalized spacial score (nSPS) is 11.4. The van der Waals surface area contributed by atoms with Crippen LogP contribution in [0.5, 0.6) is 5.75 Å². The molecule has 28 heavy (non-hydrogen) atoms. The maximum Gasteiger partial charge on any atom is 0.349 e. The molecule has 0 unspecified atom stereocenters. The van der Waals surface area contributed by atoms with Crippen molar-refractivity contribution in [3.63, 3.8) is 0 Å². The van der Waals surface area contributed by atoms with E-state index in [4.69, 9.17) is 9.47 Å². The Labute approximate surface area is 170 Å². The molecule has 0 aliphatic carbocycles. The molecule has 2 aromatic carbocycles. The lowest BCUT2D eigenvalue weighted by atomic mass is 10.1. The molecule has 0 saturated heterocycles. The minimum atomic E-state index is -1.07. The van der Waals surface area contributed by atoms with E-state index in [1.807, 2.05) is 54.8 Å². The highest BCUT2D eigenvalue weighted by Crippen LogP contribution is 2.21. The molecular weight excluding hydrogens is 372 g/mol. The molecule has 0 saturated carbocycles. The summed E-state index contributed by atoms with van der Waals surface area (Å²) < 4.78 is 10.9. The van der Waals surface area contributed by atoms with Gasteiger partial charge in [0.25, 0.3) is 0 Å². The molecule has 148 valence electrons. The van der Waals surface area contributed by atoms with Crippen LogP contribution in [-0.4, -0.2) is 30.2 Å². The van der Waals surface area contributed by atoms with Crippen molar-refractivity contribution in [3.8, 4) is 5.75 Å².